The molecule has 0 N–H and O–H groups in total. The van der Waals surface area contributed by atoms with Crippen LogP contribution in [0.15, 0.2) is 29.7 Å². The number of thioether (sulfide) groups is 1. The molecule has 0 bridgehead atoms. The Labute approximate surface area is 121 Å². The first-order valence-electron chi connectivity index (χ1n) is 7.03. The lowest BCUT2D eigenvalue weighted by Gasteiger charge is -2.06. The molecule has 104 valence electrons. The first kappa shape index (κ1) is 16.0. The molecule has 0 aliphatic carbocycles. The molecule has 19 heavy (non-hydrogen) atoms. The van der Waals surface area contributed by atoms with E-state index < -0.39 is 0 Å². The number of rotatable bonds is 8. The van der Waals surface area contributed by atoms with Crippen molar-refractivity contribution in [3.63, 3.8) is 0 Å². The first-order chi connectivity index (χ1) is 9.17. The lowest BCUT2D eigenvalue weighted by molar-refractivity contribution is -0.103. The van der Waals surface area contributed by atoms with Crippen LogP contribution in [0.4, 0.5) is 0 Å². The zero-order chi connectivity index (χ0) is 14.1. The van der Waals surface area contributed by atoms with E-state index in [0.29, 0.717) is 5.92 Å². The minimum atomic E-state index is 0.663. The molecule has 0 saturated carbocycles. The molecule has 0 aliphatic rings. The second-order valence-corrected chi connectivity index (χ2v) is 6.19. The van der Waals surface area contributed by atoms with Crippen LogP contribution in [-0.4, -0.2) is 12.0 Å². The van der Waals surface area contributed by atoms with Crippen LogP contribution >= 0.6 is 11.8 Å². The summed E-state index contributed by atoms with van der Waals surface area (Å²) in [5.41, 5.74) is 3.14. The quantitative estimate of drug-likeness (QED) is 0.379. The molecule has 1 rings (SSSR count). The van der Waals surface area contributed by atoms with Gasteiger partial charge in [0.2, 0.25) is 0 Å². The van der Waals surface area contributed by atoms with E-state index in [1.807, 2.05) is 5.41 Å². The van der Waals surface area contributed by atoms with Crippen LogP contribution in [-0.2, 0) is 11.2 Å². The molecular formula is C17H24OS. The lowest BCUT2D eigenvalue weighted by atomic mass is 10.00. The highest BCUT2D eigenvalue weighted by Gasteiger charge is 2.02. The van der Waals surface area contributed by atoms with Gasteiger partial charge in [0.15, 0.2) is 6.29 Å². The monoisotopic (exact) mass is 276 g/mol. The zero-order valence-electron chi connectivity index (χ0n) is 12.2. The van der Waals surface area contributed by atoms with E-state index in [9.17, 15) is 4.79 Å². The summed E-state index contributed by atoms with van der Waals surface area (Å²) < 4.78 is 0. The van der Waals surface area contributed by atoms with E-state index in [1.54, 1.807) is 11.8 Å². The van der Waals surface area contributed by atoms with Crippen molar-refractivity contribution in [1.29, 1.82) is 0 Å². The molecule has 0 atom stereocenters. The van der Waals surface area contributed by atoms with Crippen molar-refractivity contribution >= 4 is 23.6 Å². The number of allylic oxidation sites excluding steroid dienone is 1. The minimum absolute atomic E-state index is 0.663. The highest BCUT2D eigenvalue weighted by Crippen LogP contribution is 2.19. The summed E-state index contributed by atoms with van der Waals surface area (Å²) in [5.74, 6) is 1.75. The highest BCUT2D eigenvalue weighted by molar-refractivity contribution is 8.02. The maximum absolute atomic E-state index is 11.2. The Morgan fingerprint density at radius 2 is 1.95 bits per heavy atom. The van der Waals surface area contributed by atoms with Crippen molar-refractivity contribution in [2.24, 2.45) is 5.92 Å². The maximum atomic E-state index is 11.2. The van der Waals surface area contributed by atoms with Crippen molar-refractivity contribution < 1.29 is 4.79 Å². The fourth-order valence-corrected chi connectivity index (χ4v) is 2.79. The topological polar surface area (TPSA) is 17.1 Å². The third-order valence-corrected chi connectivity index (χ3v) is 3.83. The number of carbonyl (C=O) groups is 1. The number of unbranched alkanes of at least 4 members (excludes halogenated alkanes) is 1. The lowest BCUT2D eigenvalue weighted by Crippen LogP contribution is -1.94. The Bertz CT molecular complexity index is 404. The molecule has 0 spiro atoms. The van der Waals surface area contributed by atoms with Gasteiger partial charge in [-0.15, -0.1) is 11.8 Å². The third-order valence-electron chi connectivity index (χ3n) is 2.88. The standard InChI is InChI=1S/C17H24OS/c1-4-5-10-19-13-17(12-18)16-8-6-15(7-9-16)11-14(2)3/h6-9,12-14H,4-5,10-11H2,1-3H3. The van der Waals surface area contributed by atoms with E-state index in [4.69, 9.17) is 0 Å². The van der Waals surface area contributed by atoms with Gasteiger partial charge in [-0.1, -0.05) is 51.5 Å². The number of benzene rings is 1. The predicted octanol–water partition coefficient (Wildman–Crippen LogP) is 4.96. The van der Waals surface area contributed by atoms with Gasteiger partial charge in [-0.05, 0) is 41.0 Å². The second-order valence-electron chi connectivity index (χ2n) is 5.21. The normalized spacial score (nSPS) is 11.9. The highest BCUT2D eigenvalue weighted by atomic mass is 32.2. The first-order valence-corrected chi connectivity index (χ1v) is 8.08. The van der Waals surface area contributed by atoms with Gasteiger partial charge in [0, 0.05) is 5.57 Å². The van der Waals surface area contributed by atoms with E-state index >= 15 is 0 Å². The molecule has 0 amide bonds. The molecule has 2 heteroatoms. The molecule has 0 radical (unpaired) electrons. The van der Waals surface area contributed by atoms with Gasteiger partial charge in [-0.25, -0.2) is 0 Å². The van der Waals surface area contributed by atoms with Gasteiger partial charge >= 0.3 is 0 Å². The summed E-state index contributed by atoms with van der Waals surface area (Å²) in [5, 5.41) is 1.99. The Balaban J connectivity index is 2.68. The fraction of sp³-hybridized carbons (Fsp3) is 0.471. The van der Waals surface area contributed by atoms with E-state index in [0.717, 1.165) is 29.6 Å². The van der Waals surface area contributed by atoms with Crippen LogP contribution in [0.5, 0.6) is 0 Å². The predicted molar refractivity (Wildman–Crippen MR) is 86.4 cm³/mol. The Morgan fingerprint density at radius 1 is 1.26 bits per heavy atom. The summed E-state index contributed by atoms with van der Waals surface area (Å²) in [6.07, 6.45) is 4.43. The number of aldehydes is 1. The molecule has 1 aromatic carbocycles. The van der Waals surface area contributed by atoms with Crippen molar-refractivity contribution in [3.05, 3.63) is 40.8 Å². The van der Waals surface area contributed by atoms with Crippen molar-refractivity contribution in [3.8, 4) is 0 Å². The summed E-state index contributed by atoms with van der Waals surface area (Å²) in [6.45, 7) is 6.61. The molecule has 0 aromatic heterocycles. The Hall–Kier alpha value is -1.02. The fourth-order valence-electron chi connectivity index (χ4n) is 1.84. The van der Waals surface area contributed by atoms with Crippen LogP contribution in [0.3, 0.4) is 0 Å². The molecule has 0 heterocycles. The molecule has 0 fully saturated rings. The second kappa shape index (κ2) is 8.98. The Kier molecular flexibility index (Phi) is 7.57. The smallest absolute Gasteiger partial charge is 0.151 e. The molecule has 0 aliphatic heterocycles. The zero-order valence-corrected chi connectivity index (χ0v) is 13.0. The van der Waals surface area contributed by atoms with E-state index in [2.05, 4.69) is 45.0 Å². The maximum Gasteiger partial charge on any atom is 0.151 e. The average Bonchev–Trinajstić information content (AvgIpc) is 2.40. The van der Waals surface area contributed by atoms with Gasteiger partial charge in [0.25, 0.3) is 0 Å². The summed E-state index contributed by atoms with van der Waals surface area (Å²) in [6, 6.07) is 8.36. The summed E-state index contributed by atoms with van der Waals surface area (Å²) in [7, 11) is 0. The molecular weight excluding hydrogens is 252 g/mol. The SMILES string of the molecule is CCCCSC=C(C=O)c1ccc(CC(C)C)cc1. The number of hydrogen-bond donors (Lipinski definition) is 0. The van der Waals surface area contributed by atoms with Crippen molar-refractivity contribution in [2.75, 3.05) is 5.75 Å². The third kappa shape index (κ3) is 6.11. The molecule has 0 unspecified atom stereocenters. The van der Waals surface area contributed by atoms with Crippen LogP contribution in [0.2, 0.25) is 0 Å². The van der Waals surface area contributed by atoms with Crippen molar-refractivity contribution in [1.82, 2.24) is 0 Å². The van der Waals surface area contributed by atoms with Gasteiger partial charge in [0.05, 0.1) is 0 Å². The number of carbonyl (C=O) groups excluding carboxylic acids is 1. The molecule has 1 nitrogen and oxygen atoms in total. The number of hydrogen-bond acceptors (Lipinski definition) is 2. The largest absolute Gasteiger partial charge is 0.298 e. The Morgan fingerprint density at radius 3 is 2.47 bits per heavy atom. The van der Waals surface area contributed by atoms with Crippen molar-refractivity contribution in [2.45, 2.75) is 40.0 Å². The van der Waals surface area contributed by atoms with Gasteiger partial charge < -0.3 is 0 Å². The minimum Gasteiger partial charge on any atom is -0.298 e. The van der Waals surface area contributed by atoms with Crippen LogP contribution in [0.25, 0.3) is 5.57 Å². The molecule has 1 aromatic rings. The summed E-state index contributed by atoms with van der Waals surface area (Å²) in [4.78, 5) is 11.2. The van der Waals surface area contributed by atoms with Gasteiger partial charge in [-0.2, -0.15) is 0 Å². The summed E-state index contributed by atoms with van der Waals surface area (Å²) >= 11 is 1.73. The van der Waals surface area contributed by atoms with E-state index in [-0.39, 0.29) is 0 Å². The van der Waals surface area contributed by atoms with Crippen LogP contribution in [0.1, 0.15) is 44.7 Å². The molecule has 0 saturated heterocycles. The van der Waals surface area contributed by atoms with Gasteiger partial charge in [-0.3, -0.25) is 4.79 Å². The van der Waals surface area contributed by atoms with Crippen LogP contribution in [0, 0.1) is 5.92 Å². The van der Waals surface area contributed by atoms with Crippen LogP contribution < -0.4 is 0 Å². The average molecular weight is 276 g/mol. The van der Waals surface area contributed by atoms with E-state index in [1.165, 1.54) is 18.4 Å². The van der Waals surface area contributed by atoms with Gasteiger partial charge in [0.1, 0.15) is 0 Å².